The molecule has 0 aliphatic carbocycles. The number of unbranched alkanes of at least 4 members (excludes halogenated alkanes) is 6. The molecule has 0 saturated carbocycles. The van der Waals surface area contributed by atoms with Gasteiger partial charge < -0.3 is 11.6 Å². The van der Waals surface area contributed by atoms with Gasteiger partial charge in [-0.15, -0.1) is 0 Å². The number of nitrogen functional groups attached to an aromatic ring is 2. The van der Waals surface area contributed by atoms with Crippen LogP contribution in [0.15, 0.2) is 0 Å². The highest BCUT2D eigenvalue weighted by molar-refractivity contribution is 5.39. The van der Waals surface area contributed by atoms with E-state index in [0.717, 1.165) is 24.4 Å². The lowest BCUT2D eigenvalue weighted by Gasteiger charge is -2.04. The minimum absolute atomic E-state index is 0.315. The summed E-state index contributed by atoms with van der Waals surface area (Å²) in [7, 11) is 0. The molecule has 0 aromatic carbocycles. The minimum atomic E-state index is 0.315. The molecule has 0 radical (unpaired) electrons. The number of imidazole rings is 1. The Bertz CT molecular complexity index is 368. The van der Waals surface area contributed by atoms with Gasteiger partial charge in [0, 0.05) is 5.92 Å². The predicted octanol–water partition coefficient (Wildman–Crippen LogP) is 3.60. The molecule has 0 aliphatic rings. The summed E-state index contributed by atoms with van der Waals surface area (Å²) >= 11 is 0. The van der Waals surface area contributed by atoms with E-state index < -0.39 is 0 Å². The lowest BCUT2D eigenvalue weighted by atomic mass is 10.1. The summed E-state index contributed by atoms with van der Waals surface area (Å²) in [5.41, 5.74) is 6.97. The van der Waals surface area contributed by atoms with Crippen LogP contribution in [0.4, 0.5) is 5.82 Å². The minimum Gasteiger partial charge on any atom is -0.382 e. The molecular formula is C15H30N4. The molecule has 4 N–H and O–H groups in total. The fraction of sp³-hybridized carbons (Fsp3) is 0.800. The monoisotopic (exact) mass is 266 g/mol. The molecule has 4 nitrogen and oxygen atoms in total. The first kappa shape index (κ1) is 15.9. The van der Waals surface area contributed by atoms with Crippen LogP contribution in [0.25, 0.3) is 0 Å². The molecule has 0 fully saturated rings. The zero-order valence-electron chi connectivity index (χ0n) is 12.8. The summed E-state index contributed by atoms with van der Waals surface area (Å²) in [6, 6.07) is 0. The van der Waals surface area contributed by atoms with Gasteiger partial charge in [0.2, 0.25) is 0 Å². The van der Waals surface area contributed by atoms with Crippen LogP contribution in [0.3, 0.4) is 0 Å². The Morgan fingerprint density at radius 3 is 2.16 bits per heavy atom. The summed E-state index contributed by atoms with van der Waals surface area (Å²) in [4.78, 5) is 4.57. The second kappa shape index (κ2) is 8.08. The molecule has 1 aromatic rings. The molecule has 4 heteroatoms. The van der Waals surface area contributed by atoms with Crippen molar-refractivity contribution in [3.05, 3.63) is 11.5 Å². The molecule has 1 aromatic heterocycles. The van der Waals surface area contributed by atoms with Gasteiger partial charge in [-0.1, -0.05) is 59.3 Å². The van der Waals surface area contributed by atoms with Crippen molar-refractivity contribution in [2.45, 2.75) is 78.1 Å². The number of nitrogens with two attached hydrogens (primary N) is 2. The zero-order valence-corrected chi connectivity index (χ0v) is 12.8. The molecule has 1 rings (SSSR count). The van der Waals surface area contributed by atoms with Crippen LogP contribution >= 0.6 is 0 Å². The third-order valence-electron chi connectivity index (χ3n) is 3.59. The second-order valence-corrected chi connectivity index (χ2v) is 5.70. The summed E-state index contributed by atoms with van der Waals surface area (Å²) < 4.78 is 1.54. The van der Waals surface area contributed by atoms with Gasteiger partial charge in [-0.3, -0.25) is 0 Å². The maximum atomic E-state index is 6.00. The van der Waals surface area contributed by atoms with Crippen molar-refractivity contribution in [2.24, 2.45) is 0 Å². The third kappa shape index (κ3) is 4.77. The van der Waals surface area contributed by atoms with Crippen molar-refractivity contribution in [2.75, 3.05) is 11.6 Å². The number of anilines is 1. The van der Waals surface area contributed by atoms with E-state index in [-0.39, 0.29) is 0 Å². The second-order valence-electron chi connectivity index (χ2n) is 5.70. The van der Waals surface area contributed by atoms with E-state index in [1.54, 1.807) is 4.68 Å². The van der Waals surface area contributed by atoms with Crippen molar-refractivity contribution in [1.82, 2.24) is 9.66 Å². The van der Waals surface area contributed by atoms with Crippen molar-refractivity contribution in [3.8, 4) is 0 Å². The average Bonchev–Trinajstić information content (AvgIpc) is 2.66. The highest BCUT2D eigenvalue weighted by Crippen LogP contribution is 2.20. The number of aromatic nitrogens is 2. The Balaban J connectivity index is 2.32. The van der Waals surface area contributed by atoms with E-state index in [1.807, 2.05) is 0 Å². The lowest BCUT2D eigenvalue weighted by molar-refractivity contribution is 0.587. The van der Waals surface area contributed by atoms with Gasteiger partial charge in [-0.2, -0.15) is 0 Å². The van der Waals surface area contributed by atoms with Gasteiger partial charge in [0.15, 0.2) is 0 Å². The highest BCUT2D eigenvalue weighted by atomic mass is 15.4. The Morgan fingerprint density at radius 2 is 1.63 bits per heavy atom. The Kier molecular flexibility index (Phi) is 6.74. The van der Waals surface area contributed by atoms with E-state index in [2.05, 4.69) is 25.8 Å². The predicted molar refractivity (Wildman–Crippen MR) is 82.6 cm³/mol. The molecule has 0 spiro atoms. The van der Waals surface area contributed by atoms with Crippen molar-refractivity contribution in [1.29, 1.82) is 0 Å². The molecule has 0 saturated heterocycles. The first-order chi connectivity index (χ1) is 9.07. The largest absolute Gasteiger partial charge is 0.382 e. The van der Waals surface area contributed by atoms with Crippen LogP contribution in [-0.2, 0) is 6.42 Å². The van der Waals surface area contributed by atoms with Crippen LogP contribution in [-0.4, -0.2) is 9.66 Å². The molecular weight excluding hydrogens is 236 g/mol. The molecule has 0 unspecified atom stereocenters. The number of rotatable bonds is 9. The molecule has 19 heavy (non-hydrogen) atoms. The van der Waals surface area contributed by atoms with Crippen LogP contribution in [0, 0.1) is 0 Å². The standard InChI is InChI=1S/C15H30N4/c1-4-5-6-7-8-9-10-11-13-14(16)19(17)15(18-13)12(2)3/h12H,4-11,16-17H2,1-3H3. The first-order valence-corrected chi connectivity index (χ1v) is 7.70. The first-order valence-electron chi connectivity index (χ1n) is 7.70. The number of hydrogen-bond donors (Lipinski definition) is 2. The van der Waals surface area contributed by atoms with E-state index in [0.29, 0.717) is 11.7 Å². The van der Waals surface area contributed by atoms with E-state index in [1.165, 1.54) is 38.5 Å². The summed E-state index contributed by atoms with van der Waals surface area (Å²) in [6.07, 6.45) is 10.1. The maximum Gasteiger partial charge on any atom is 0.145 e. The molecule has 110 valence electrons. The number of aryl methyl sites for hydroxylation is 1. The zero-order chi connectivity index (χ0) is 14.3. The molecule has 0 bridgehead atoms. The number of hydrogen-bond acceptors (Lipinski definition) is 3. The van der Waals surface area contributed by atoms with Crippen LogP contribution in [0.5, 0.6) is 0 Å². The smallest absolute Gasteiger partial charge is 0.145 e. The molecule has 0 aliphatic heterocycles. The Morgan fingerprint density at radius 1 is 1.05 bits per heavy atom. The van der Waals surface area contributed by atoms with Crippen molar-refractivity contribution >= 4 is 5.82 Å². The quantitative estimate of drug-likeness (QED) is 0.530. The van der Waals surface area contributed by atoms with E-state index in [9.17, 15) is 0 Å². The van der Waals surface area contributed by atoms with E-state index >= 15 is 0 Å². The van der Waals surface area contributed by atoms with Gasteiger partial charge in [0.25, 0.3) is 0 Å². The van der Waals surface area contributed by atoms with Gasteiger partial charge in [-0.05, 0) is 12.8 Å². The van der Waals surface area contributed by atoms with Crippen LogP contribution < -0.4 is 11.6 Å². The Labute approximate surface area is 117 Å². The van der Waals surface area contributed by atoms with Crippen molar-refractivity contribution < 1.29 is 0 Å². The molecule has 1 heterocycles. The summed E-state index contributed by atoms with van der Waals surface area (Å²) in [6.45, 7) is 6.42. The average molecular weight is 266 g/mol. The van der Waals surface area contributed by atoms with Gasteiger partial charge in [-0.25, -0.2) is 9.66 Å². The molecule has 0 amide bonds. The van der Waals surface area contributed by atoms with Gasteiger partial charge >= 0.3 is 0 Å². The molecule has 0 atom stereocenters. The summed E-state index contributed by atoms with van der Waals surface area (Å²) in [5, 5.41) is 0. The van der Waals surface area contributed by atoms with Crippen LogP contribution in [0.2, 0.25) is 0 Å². The van der Waals surface area contributed by atoms with E-state index in [4.69, 9.17) is 11.6 Å². The van der Waals surface area contributed by atoms with Gasteiger partial charge in [0.05, 0.1) is 5.69 Å². The van der Waals surface area contributed by atoms with Gasteiger partial charge in [0.1, 0.15) is 11.6 Å². The maximum absolute atomic E-state index is 6.00. The normalized spacial score (nSPS) is 11.4. The fourth-order valence-electron chi connectivity index (χ4n) is 2.35. The topological polar surface area (TPSA) is 69.9 Å². The van der Waals surface area contributed by atoms with Crippen LogP contribution in [0.1, 0.15) is 83.2 Å². The van der Waals surface area contributed by atoms with Crippen molar-refractivity contribution in [3.63, 3.8) is 0 Å². The summed E-state index contributed by atoms with van der Waals surface area (Å²) in [5.74, 6) is 7.75. The number of nitrogens with zero attached hydrogens (tertiary/aromatic N) is 2. The third-order valence-corrected chi connectivity index (χ3v) is 3.59. The SMILES string of the molecule is CCCCCCCCCc1nc(C(C)C)n(N)c1N. The fourth-order valence-corrected chi connectivity index (χ4v) is 2.35. The lowest BCUT2D eigenvalue weighted by Crippen LogP contribution is -2.16. The highest BCUT2D eigenvalue weighted by Gasteiger charge is 2.14. The Hall–Kier alpha value is -1.19.